The number of nitrogens with zero attached hydrogens (tertiary/aromatic N) is 1. The lowest BCUT2D eigenvalue weighted by Gasteiger charge is -2.22. The quantitative estimate of drug-likeness (QED) is 0.692. The van der Waals surface area contributed by atoms with Crippen molar-refractivity contribution in [3.05, 3.63) is 22.8 Å². The van der Waals surface area contributed by atoms with Gasteiger partial charge >= 0.3 is 6.18 Å². The van der Waals surface area contributed by atoms with E-state index in [0.717, 1.165) is 12.5 Å². The van der Waals surface area contributed by atoms with Crippen LogP contribution in [0.3, 0.4) is 0 Å². The maximum absolute atomic E-state index is 12.5. The van der Waals surface area contributed by atoms with Gasteiger partial charge in [-0.25, -0.2) is 4.98 Å². The molecular weight excluding hydrogens is 347 g/mol. The smallest absolute Gasteiger partial charge is 0.417 e. The molecule has 9 heteroatoms. The van der Waals surface area contributed by atoms with Gasteiger partial charge in [-0.05, 0) is 25.8 Å². The molecule has 0 saturated carbocycles. The highest BCUT2D eigenvalue weighted by atomic mass is 35.5. The number of ether oxygens (including phenoxy) is 1. The van der Waals surface area contributed by atoms with Crippen LogP contribution in [0, 0.1) is 0 Å². The number of halogens is 4. The first-order chi connectivity index (χ1) is 11.1. The van der Waals surface area contributed by atoms with E-state index in [4.69, 9.17) is 22.1 Å². The molecule has 0 saturated heterocycles. The van der Waals surface area contributed by atoms with Crippen LogP contribution >= 0.6 is 11.6 Å². The van der Waals surface area contributed by atoms with Gasteiger partial charge in [0.05, 0.1) is 17.7 Å². The van der Waals surface area contributed by atoms with E-state index in [2.05, 4.69) is 10.3 Å². The van der Waals surface area contributed by atoms with E-state index in [1.54, 1.807) is 6.92 Å². The minimum Gasteiger partial charge on any atom is -0.477 e. The molecule has 0 bridgehead atoms. The Morgan fingerprint density at radius 1 is 1.46 bits per heavy atom. The van der Waals surface area contributed by atoms with Gasteiger partial charge in [0, 0.05) is 12.7 Å². The summed E-state index contributed by atoms with van der Waals surface area (Å²) in [6.45, 7) is 4.07. The van der Waals surface area contributed by atoms with Crippen LogP contribution in [0.4, 0.5) is 13.2 Å². The van der Waals surface area contributed by atoms with Crippen LogP contribution < -0.4 is 15.8 Å². The molecule has 0 fully saturated rings. The van der Waals surface area contributed by atoms with Crippen LogP contribution in [0.15, 0.2) is 12.3 Å². The molecular formula is C15H21ClF3N3O2. The van der Waals surface area contributed by atoms with Crippen LogP contribution in [0.1, 0.15) is 38.7 Å². The molecule has 0 aliphatic heterocycles. The predicted molar refractivity (Wildman–Crippen MR) is 84.9 cm³/mol. The van der Waals surface area contributed by atoms with Crippen molar-refractivity contribution in [3.8, 4) is 5.88 Å². The van der Waals surface area contributed by atoms with Crippen LogP contribution in [0.5, 0.6) is 5.88 Å². The van der Waals surface area contributed by atoms with Crippen molar-refractivity contribution in [2.24, 2.45) is 5.73 Å². The van der Waals surface area contributed by atoms with E-state index >= 15 is 0 Å². The largest absolute Gasteiger partial charge is 0.477 e. The molecule has 1 aromatic rings. The molecule has 0 aromatic carbocycles. The Balaban J connectivity index is 2.40. The fraction of sp³-hybridized carbons (Fsp3) is 0.600. The van der Waals surface area contributed by atoms with Crippen molar-refractivity contribution < 1.29 is 22.7 Å². The number of amides is 1. The molecule has 1 amide bonds. The van der Waals surface area contributed by atoms with Gasteiger partial charge in [0.25, 0.3) is 0 Å². The molecule has 136 valence electrons. The van der Waals surface area contributed by atoms with Gasteiger partial charge in [-0.1, -0.05) is 24.9 Å². The number of aromatic nitrogens is 1. The standard InChI is InChI=1S/C15H21ClF3N3O2/c1-3-5-14(2,20)13(23)21-6-4-7-24-12-11(16)8-10(9-22-12)15(17,18)19/h8-9H,3-7,20H2,1-2H3,(H,21,23). The summed E-state index contributed by atoms with van der Waals surface area (Å²) in [7, 11) is 0. The highest BCUT2D eigenvalue weighted by Crippen LogP contribution is 2.33. The van der Waals surface area contributed by atoms with Crippen molar-refractivity contribution in [1.29, 1.82) is 0 Å². The number of hydrogen-bond donors (Lipinski definition) is 2. The molecule has 1 heterocycles. The minimum absolute atomic E-state index is 0.0781. The topological polar surface area (TPSA) is 77.2 Å². The second-order valence-electron chi connectivity index (χ2n) is 5.63. The predicted octanol–water partition coefficient (Wildman–Crippen LogP) is 3.16. The first kappa shape index (κ1) is 20.5. The van der Waals surface area contributed by atoms with E-state index in [1.807, 2.05) is 6.92 Å². The normalized spacial score (nSPS) is 14.1. The van der Waals surface area contributed by atoms with Crippen molar-refractivity contribution in [1.82, 2.24) is 10.3 Å². The van der Waals surface area contributed by atoms with Gasteiger partial charge in [0.15, 0.2) is 0 Å². The SMILES string of the molecule is CCCC(C)(N)C(=O)NCCCOc1ncc(C(F)(F)F)cc1Cl. The third kappa shape index (κ3) is 6.16. The van der Waals surface area contributed by atoms with Crippen molar-refractivity contribution in [2.45, 2.75) is 44.8 Å². The molecule has 24 heavy (non-hydrogen) atoms. The number of nitrogens with one attached hydrogen (secondary N) is 1. The van der Waals surface area contributed by atoms with Crippen molar-refractivity contribution in [2.75, 3.05) is 13.2 Å². The Hall–Kier alpha value is -1.54. The third-order valence-electron chi connectivity index (χ3n) is 3.27. The number of rotatable bonds is 8. The Labute approximate surface area is 143 Å². The van der Waals surface area contributed by atoms with E-state index in [0.29, 0.717) is 25.6 Å². The number of hydrogen-bond acceptors (Lipinski definition) is 4. The fourth-order valence-electron chi connectivity index (χ4n) is 1.96. The maximum Gasteiger partial charge on any atom is 0.417 e. The number of carbonyl (C=O) groups excluding carboxylic acids is 1. The molecule has 0 radical (unpaired) electrons. The van der Waals surface area contributed by atoms with E-state index in [1.165, 1.54) is 0 Å². The number of carbonyl (C=O) groups is 1. The summed E-state index contributed by atoms with van der Waals surface area (Å²) in [4.78, 5) is 15.4. The van der Waals surface area contributed by atoms with Gasteiger partial charge < -0.3 is 15.8 Å². The Morgan fingerprint density at radius 3 is 2.67 bits per heavy atom. The molecule has 0 spiro atoms. The summed E-state index contributed by atoms with van der Waals surface area (Å²) < 4.78 is 42.7. The zero-order valence-corrected chi connectivity index (χ0v) is 14.3. The molecule has 1 unspecified atom stereocenters. The van der Waals surface area contributed by atoms with E-state index in [9.17, 15) is 18.0 Å². The van der Waals surface area contributed by atoms with Gasteiger partial charge in [0.2, 0.25) is 11.8 Å². The first-order valence-electron chi connectivity index (χ1n) is 7.50. The van der Waals surface area contributed by atoms with Crippen LogP contribution in [-0.2, 0) is 11.0 Å². The highest BCUT2D eigenvalue weighted by Gasteiger charge is 2.31. The van der Waals surface area contributed by atoms with Gasteiger partial charge in [-0.15, -0.1) is 0 Å². The zero-order chi connectivity index (χ0) is 18.4. The first-order valence-corrected chi connectivity index (χ1v) is 7.88. The second-order valence-corrected chi connectivity index (χ2v) is 6.04. The number of alkyl halides is 3. The second kappa shape index (κ2) is 8.53. The Morgan fingerprint density at radius 2 is 2.12 bits per heavy atom. The van der Waals surface area contributed by atoms with E-state index in [-0.39, 0.29) is 23.4 Å². The summed E-state index contributed by atoms with van der Waals surface area (Å²) in [5.74, 6) is -0.333. The molecule has 3 N–H and O–H groups in total. The fourth-order valence-corrected chi connectivity index (χ4v) is 2.19. The molecule has 1 atom stereocenters. The minimum atomic E-state index is -4.51. The van der Waals surface area contributed by atoms with Crippen LogP contribution in [0.25, 0.3) is 0 Å². The van der Waals surface area contributed by atoms with Crippen molar-refractivity contribution in [3.63, 3.8) is 0 Å². The zero-order valence-electron chi connectivity index (χ0n) is 13.5. The molecule has 5 nitrogen and oxygen atoms in total. The molecule has 0 aliphatic carbocycles. The Kier molecular flexibility index (Phi) is 7.28. The average Bonchev–Trinajstić information content (AvgIpc) is 2.46. The number of nitrogens with two attached hydrogens (primary N) is 1. The Bertz CT molecular complexity index is 565. The van der Waals surface area contributed by atoms with E-state index < -0.39 is 17.3 Å². The third-order valence-corrected chi connectivity index (χ3v) is 3.54. The summed E-state index contributed by atoms with van der Waals surface area (Å²) in [6, 6.07) is 0.760. The maximum atomic E-state index is 12.5. The lowest BCUT2D eigenvalue weighted by molar-refractivity contribution is -0.137. The van der Waals surface area contributed by atoms with Gasteiger partial charge in [-0.2, -0.15) is 13.2 Å². The molecule has 1 rings (SSSR count). The highest BCUT2D eigenvalue weighted by molar-refractivity contribution is 6.31. The number of pyridine rings is 1. The lowest BCUT2D eigenvalue weighted by atomic mass is 9.96. The summed E-state index contributed by atoms with van der Waals surface area (Å²) in [6.07, 6.45) is -2.05. The summed E-state index contributed by atoms with van der Waals surface area (Å²) in [5.41, 5.74) is 4.02. The van der Waals surface area contributed by atoms with Crippen molar-refractivity contribution >= 4 is 17.5 Å². The summed E-state index contributed by atoms with van der Waals surface area (Å²) >= 11 is 5.72. The molecule has 0 aliphatic rings. The average molecular weight is 368 g/mol. The van der Waals surface area contributed by atoms with Crippen LogP contribution in [-0.4, -0.2) is 29.6 Å². The van der Waals surface area contributed by atoms with Crippen LogP contribution in [0.2, 0.25) is 5.02 Å². The molecule has 1 aromatic heterocycles. The lowest BCUT2D eigenvalue weighted by Crippen LogP contribution is -2.51. The van der Waals surface area contributed by atoms with Gasteiger partial charge in [0.1, 0.15) is 5.02 Å². The monoisotopic (exact) mass is 367 g/mol. The summed E-state index contributed by atoms with van der Waals surface area (Å²) in [5, 5.41) is 2.48. The van der Waals surface area contributed by atoms with Gasteiger partial charge in [-0.3, -0.25) is 4.79 Å².